The van der Waals surface area contributed by atoms with Gasteiger partial charge in [-0.3, -0.25) is 4.79 Å². The lowest BCUT2D eigenvalue weighted by molar-refractivity contribution is 0.0684. The predicted octanol–water partition coefficient (Wildman–Crippen LogP) is 1.70. The lowest BCUT2D eigenvalue weighted by Gasteiger charge is -2.20. The number of rotatable bonds is 5. The van der Waals surface area contributed by atoms with Crippen molar-refractivity contribution in [2.75, 3.05) is 26.3 Å². The van der Waals surface area contributed by atoms with Gasteiger partial charge in [0.25, 0.3) is 5.91 Å². The highest BCUT2D eigenvalue weighted by atomic mass is 79.9. The largest absolute Gasteiger partial charge is 0.395 e. The van der Waals surface area contributed by atoms with E-state index in [-0.39, 0.29) is 32.2 Å². The van der Waals surface area contributed by atoms with E-state index in [9.17, 15) is 4.79 Å². The molecule has 1 amide bonds. The van der Waals surface area contributed by atoms with Crippen molar-refractivity contribution in [3.63, 3.8) is 0 Å². The molecule has 4 nitrogen and oxygen atoms in total. The standard InChI is InChI=1S/C9H11Br2NO3S/c10-7-5-6(8(11)16-7)9(15)12(1-3-13)2-4-14/h5,13-14H,1-4H2. The number of nitrogens with zero attached hydrogens (tertiary/aromatic N) is 1. The molecule has 16 heavy (non-hydrogen) atoms. The average Bonchev–Trinajstić information content (AvgIpc) is 2.56. The van der Waals surface area contributed by atoms with Crippen molar-refractivity contribution in [2.24, 2.45) is 0 Å². The zero-order valence-electron chi connectivity index (χ0n) is 8.32. The van der Waals surface area contributed by atoms with Crippen LogP contribution in [0.2, 0.25) is 0 Å². The number of aliphatic hydroxyl groups excluding tert-OH is 2. The van der Waals surface area contributed by atoms with Gasteiger partial charge in [-0.25, -0.2) is 0 Å². The minimum atomic E-state index is -0.197. The van der Waals surface area contributed by atoms with Gasteiger partial charge in [-0.15, -0.1) is 11.3 Å². The summed E-state index contributed by atoms with van der Waals surface area (Å²) in [6, 6.07) is 1.72. The van der Waals surface area contributed by atoms with Crippen molar-refractivity contribution in [1.29, 1.82) is 0 Å². The zero-order valence-corrected chi connectivity index (χ0v) is 12.3. The summed E-state index contributed by atoms with van der Waals surface area (Å²) in [5, 5.41) is 17.7. The van der Waals surface area contributed by atoms with E-state index in [1.54, 1.807) is 6.07 Å². The van der Waals surface area contributed by atoms with Crippen LogP contribution in [0, 0.1) is 0 Å². The molecule has 1 heterocycles. The first-order chi connectivity index (χ1) is 7.60. The maximum absolute atomic E-state index is 12.0. The van der Waals surface area contributed by atoms with Crippen LogP contribution in [0.4, 0.5) is 0 Å². The molecule has 0 radical (unpaired) electrons. The highest BCUT2D eigenvalue weighted by Crippen LogP contribution is 2.32. The van der Waals surface area contributed by atoms with Crippen LogP contribution in [0.1, 0.15) is 10.4 Å². The number of hydrogen-bond acceptors (Lipinski definition) is 4. The number of aliphatic hydroxyl groups is 2. The number of amides is 1. The first-order valence-electron chi connectivity index (χ1n) is 4.56. The fraction of sp³-hybridized carbons (Fsp3) is 0.444. The van der Waals surface area contributed by atoms with Gasteiger partial charge in [-0.1, -0.05) is 0 Å². The second-order valence-electron chi connectivity index (χ2n) is 2.98. The number of carbonyl (C=O) groups excluding carboxylic acids is 1. The van der Waals surface area contributed by atoms with Crippen LogP contribution in [0.15, 0.2) is 13.6 Å². The molecule has 1 aromatic rings. The van der Waals surface area contributed by atoms with E-state index in [1.807, 2.05) is 0 Å². The fourth-order valence-corrected chi connectivity index (χ4v) is 3.99. The van der Waals surface area contributed by atoms with Gasteiger partial charge < -0.3 is 15.1 Å². The van der Waals surface area contributed by atoms with Gasteiger partial charge in [-0.05, 0) is 37.9 Å². The molecular weight excluding hydrogens is 362 g/mol. The molecule has 0 saturated heterocycles. The molecule has 0 aliphatic heterocycles. The van der Waals surface area contributed by atoms with Gasteiger partial charge in [0.1, 0.15) is 0 Å². The Morgan fingerprint density at radius 3 is 2.25 bits per heavy atom. The molecule has 0 aliphatic rings. The van der Waals surface area contributed by atoms with Crippen molar-refractivity contribution in [2.45, 2.75) is 0 Å². The molecular formula is C9H11Br2NO3S. The smallest absolute Gasteiger partial charge is 0.256 e. The Bertz CT molecular complexity index is 364. The summed E-state index contributed by atoms with van der Waals surface area (Å²) in [5.41, 5.74) is 0.541. The predicted molar refractivity (Wildman–Crippen MR) is 69.8 cm³/mol. The van der Waals surface area contributed by atoms with Crippen LogP contribution in [0.25, 0.3) is 0 Å². The molecule has 0 unspecified atom stereocenters. The number of hydrogen-bond donors (Lipinski definition) is 2. The molecule has 0 atom stereocenters. The molecule has 2 N–H and O–H groups in total. The van der Waals surface area contributed by atoms with Gasteiger partial charge in [0.05, 0.1) is 26.4 Å². The molecule has 0 aromatic carbocycles. The third kappa shape index (κ3) is 3.53. The maximum Gasteiger partial charge on any atom is 0.256 e. The third-order valence-electron chi connectivity index (χ3n) is 1.91. The van der Waals surface area contributed by atoms with Gasteiger partial charge >= 0.3 is 0 Å². The Hall–Kier alpha value is 0.0500. The minimum Gasteiger partial charge on any atom is -0.395 e. The lowest BCUT2D eigenvalue weighted by atomic mass is 10.3. The van der Waals surface area contributed by atoms with Gasteiger partial charge in [0.15, 0.2) is 0 Å². The van der Waals surface area contributed by atoms with Crippen molar-refractivity contribution in [3.8, 4) is 0 Å². The normalized spacial score (nSPS) is 10.5. The summed E-state index contributed by atoms with van der Waals surface area (Å²) in [4.78, 5) is 13.4. The Labute approximate surface area is 114 Å². The topological polar surface area (TPSA) is 60.8 Å². The molecule has 0 saturated carbocycles. The van der Waals surface area contributed by atoms with Crippen LogP contribution in [-0.4, -0.2) is 47.3 Å². The first kappa shape index (κ1) is 14.1. The zero-order chi connectivity index (χ0) is 12.1. The van der Waals surface area contributed by atoms with Crippen LogP contribution in [-0.2, 0) is 0 Å². The lowest BCUT2D eigenvalue weighted by Crippen LogP contribution is -2.35. The van der Waals surface area contributed by atoms with Gasteiger partial charge in [-0.2, -0.15) is 0 Å². The Morgan fingerprint density at radius 1 is 1.31 bits per heavy atom. The van der Waals surface area contributed by atoms with Crippen molar-refractivity contribution >= 4 is 49.1 Å². The monoisotopic (exact) mass is 371 g/mol. The van der Waals surface area contributed by atoms with Crippen LogP contribution >= 0.6 is 43.2 Å². The molecule has 1 aromatic heterocycles. The Morgan fingerprint density at radius 2 is 1.88 bits per heavy atom. The average molecular weight is 373 g/mol. The summed E-state index contributed by atoms with van der Waals surface area (Å²) in [5.74, 6) is -0.197. The van der Waals surface area contributed by atoms with Crippen LogP contribution < -0.4 is 0 Å². The minimum absolute atomic E-state index is 0.116. The summed E-state index contributed by atoms with van der Waals surface area (Å²) in [6.45, 7) is 0.210. The fourth-order valence-electron chi connectivity index (χ4n) is 1.21. The van der Waals surface area contributed by atoms with E-state index < -0.39 is 0 Å². The van der Waals surface area contributed by atoms with Crippen LogP contribution in [0.3, 0.4) is 0 Å². The molecule has 0 fully saturated rings. The van der Waals surface area contributed by atoms with E-state index in [4.69, 9.17) is 10.2 Å². The summed E-state index contributed by atoms with van der Waals surface area (Å²) in [6.07, 6.45) is 0. The summed E-state index contributed by atoms with van der Waals surface area (Å²) >= 11 is 8.01. The molecule has 90 valence electrons. The highest BCUT2D eigenvalue weighted by Gasteiger charge is 2.19. The molecule has 0 spiro atoms. The van der Waals surface area contributed by atoms with Gasteiger partial charge in [0, 0.05) is 13.1 Å². The Balaban J connectivity index is 2.85. The second-order valence-corrected chi connectivity index (χ2v) is 6.73. The van der Waals surface area contributed by atoms with E-state index in [0.29, 0.717) is 5.56 Å². The second kappa shape index (κ2) is 6.70. The first-order valence-corrected chi connectivity index (χ1v) is 6.96. The number of thiophene rings is 1. The quantitative estimate of drug-likeness (QED) is 0.826. The van der Waals surface area contributed by atoms with E-state index in [1.165, 1.54) is 16.2 Å². The van der Waals surface area contributed by atoms with Gasteiger partial charge in [0.2, 0.25) is 0 Å². The number of carbonyl (C=O) groups is 1. The van der Waals surface area contributed by atoms with E-state index in [0.717, 1.165) is 7.57 Å². The van der Waals surface area contributed by atoms with Crippen LogP contribution in [0.5, 0.6) is 0 Å². The number of halogens is 2. The van der Waals surface area contributed by atoms with Crippen molar-refractivity contribution in [1.82, 2.24) is 4.90 Å². The van der Waals surface area contributed by atoms with Crippen molar-refractivity contribution in [3.05, 3.63) is 19.2 Å². The Kier molecular flexibility index (Phi) is 5.91. The molecule has 1 rings (SSSR count). The summed E-state index contributed by atoms with van der Waals surface area (Å²) < 4.78 is 1.60. The molecule has 0 aliphatic carbocycles. The molecule has 0 bridgehead atoms. The third-order valence-corrected chi connectivity index (χ3v) is 4.25. The maximum atomic E-state index is 12.0. The highest BCUT2D eigenvalue weighted by molar-refractivity contribution is 9.12. The van der Waals surface area contributed by atoms with E-state index in [2.05, 4.69) is 31.9 Å². The SMILES string of the molecule is O=C(c1cc(Br)sc1Br)N(CCO)CCO. The molecule has 7 heteroatoms. The van der Waals surface area contributed by atoms with Crippen molar-refractivity contribution < 1.29 is 15.0 Å². The summed E-state index contributed by atoms with van der Waals surface area (Å²) in [7, 11) is 0. The van der Waals surface area contributed by atoms with E-state index >= 15 is 0 Å².